The SMILES string of the molecule is CC1C(C(F)(F)F)=NNC(C(F)(F)F)=C1N1CCCC1. The Hall–Kier alpha value is -1.41. The molecule has 0 aromatic carbocycles. The predicted octanol–water partition coefficient (Wildman–Crippen LogP) is 3.01. The maximum absolute atomic E-state index is 12.9. The van der Waals surface area contributed by atoms with Crippen LogP contribution >= 0.6 is 0 Å². The average molecular weight is 301 g/mol. The first-order valence-electron chi connectivity index (χ1n) is 6.09. The quantitative estimate of drug-likeness (QED) is 0.754. The number of nitrogens with one attached hydrogen (secondary N) is 1. The molecule has 0 aliphatic carbocycles. The third-order valence-electron chi connectivity index (χ3n) is 3.39. The van der Waals surface area contributed by atoms with Gasteiger partial charge in [-0.2, -0.15) is 31.4 Å². The van der Waals surface area contributed by atoms with Crippen LogP contribution in [0.2, 0.25) is 0 Å². The summed E-state index contributed by atoms with van der Waals surface area (Å²) < 4.78 is 77.2. The fourth-order valence-electron chi connectivity index (χ4n) is 2.52. The minimum Gasteiger partial charge on any atom is -0.373 e. The van der Waals surface area contributed by atoms with Gasteiger partial charge >= 0.3 is 12.4 Å². The summed E-state index contributed by atoms with van der Waals surface area (Å²) in [6.45, 7) is 1.75. The van der Waals surface area contributed by atoms with E-state index in [4.69, 9.17) is 0 Å². The third-order valence-corrected chi connectivity index (χ3v) is 3.39. The molecule has 0 radical (unpaired) electrons. The van der Waals surface area contributed by atoms with E-state index in [1.807, 2.05) is 0 Å². The summed E-state index contributed by atoms with van der Waals surface area (Å²) in [6, 6.07) is 0. The van der Waals surface area contributed by atoms with Crippen LogP contribution in [0.1, 0.15) is 19.8 Å². The first-order valence-corrected chi connectivity index (χ1v) is 6.09. The molecule has 114 valence electrons. The Labute approximate surface area is 111 Å². The van der Waals surface area contributed by atoms with Crippen LogP contribution in [0, 0.1) is 5.92 Å². The highest BCUT2D eigenvalue weighted by molar-refractivity contribution is 5.94. The van der Waals surface area contributed by atoms with Gasteiger partial charge in [0.1, 0.15) is 0 Å². The van der Waals surface area contributed by atoms with Gasteiger partial charge in [-0.3, -0.25) is 5.43 Å². The van der Waals surface area contributed by atoms with Crippen molar-refractivity contribution in [2.75, 3.05) is 13.1 Å². The predicted molar refractivity (Wildman–Crippen MR) is 59.7 cm³/mol. The standard InChI is InChI=1S/C11H13F6N3/c1-6-7(20-4-2-3-5-20)9(11(15,16)17)19-18-8(6)10(12,13)14/h6,19H,2-5H2,1H3. The molecule has 0 spiro atoms. The molecule has 1 fully saturated rings. The van der Waals surface area contributed by atoms with Crippen LogP contribution in [0.4, 0.5) is 26.3 Å². The van der Waals surface area contributed by atoms with Crippen LogP contribution in [0.25, 0.3) is 0 Å². The number of allylic oxidation sites excluding steroid dienone is 2. The maximum atomic E-state index is 12.9. The second-order valence-electron chi connectivity index (χ2n) is 4.78. The van der Waals surface area contributed by atoms with Gasteiger partial charge in [0.25, 0.3) is 0 Å². The van der Waals surface area contributed by atoms with Crippen LogP contribution in [-0.4, -0.2) is 36.1 Å². The summed E-state index contributed by atoms with van der Waals surface area (Å²) >= 11 is 0. The Bertz CT molecular complexity index is 442. The molecule has 2 aliphatic rings. The molecule has 20 heavy (non-hydrogen) atoms. The maximum Gasteiger partial charge on any atom is 0.434 e. The molecular formula is C11H13F6N3. The molecule has 0 aromatic rings. The van der Waals surface area contributed by atoms with Crippen molar-refractivity contribution in [2.24, 2.45) is 11.0 Å². The highest BCUT2D eigenvalue weighted by atomic mass is 19.4. The van der Waals surface area contributed by atoms with Gasteiger partial charge in [-0.25, -0.2) is 0 Å². The van der Waals surface area contributed by atoms with E-state index in [-0.39, 0.29) is 5.70 Å². The van der Waals surface area contributed by atoms with Gasteiger partial charge < -0.3 is 4.90 Å². The Morgan fingerprint density at radius 2 is 1.60 bits per heavy atom. The number of hydrogen-bond acceptors (Lipinski definition) is 3. The van der Waals surface area contributed by atoms with Crippen molar-refractivity contribution in [1.82, 2.24) is 10.3 Å². The molecule has 3 nitrogen and oxygen atoms in total. The van der Waals surface area contributed by atoms with E-state index in [0.29, 0.717) is 25.9 Å². The Balaban J connectivity index is 2.42. The number of alkyl halides is 6. The summed E-state index contributed by atoms with van der Waals surface area (Å²) in [5, 5.41) is 2.89. The highest BCUT2D eigenvalue weighted by Gasteiger charge is 2.49. The highest BCUT2D eigenvalue weighted by Crippen LogP contribution is 2.38. The number of hydrazone groups is 1. The zero-order valence-electron chi connectivity index (χ0n) is 10.6. The molecule has 9 heteroatoms. The molecule has 1 unspecified atom stereocenters. The van der Waals surface area contributed by atoms with Crippen molar-refractivity contribution in [3.8, 4) is 0 Å². The normalized spacial score (nSPS) is 24.9. The van der Waals surface area contributed by atoms with Crippen LogP contribution in [0.3, 0.4) is 0 Å². The van der Waals surface area contributed by atoms with E-state index in [1.165, 1.54) is 4.90 Å². The number of halogens is 6. The number of hydrogen-bond donors (Lipinski definition) is 1. The molecule has 2 aliphatic heterocycles. The molecule has 2 heterocycles. The molecule has 1 saturated heterocycles. The van der Waals surface area contributed by atoms with Gasteiger partial charge in [0.05, 0.1) is 5.70 Å². The monoisotopic (exact) mass is 301 g/mol. The average Bonchev–Trinajstić information content (AvgIpc) is 2.78. The van der Waals surface area contributed by atoms with Gasteiger partial charge in [0.2, 0.25) is 0 Å². The van der Waals surface area contributed by atoms with Gasteiger partial charge in [0.15, 0.2) is 11.4 Å². The molecule has 2 rings (SSSR count). The van der Waals surface area contributed by atoms with Crippen molar-refractivity contribution in [3.63, 3.8) is 0 Å². The Kier molecular flexibility index (Phi) is 3.64. The van der Waals surface area contributed by atoms with Crippen molar-refractivity contribution < 1.29 is 26.3 Å². The van der Waals surface area contributed by atoms with E-state index < -0.39 is 29.7 Å². The Morgan fingerprint density at radius 3 is 2.05 bits per heavy atom. The van der Waals surface area contributed by atoms with E-state index in [2.05, 4.69) is 5.10 Å². The topological polar surface area (TPSA) is 27.6 Å². The van der Waals surface area contributed by atoms with Crippen molar-refractivity contribution in [2.45, 2.75) is 32.1 Å². The van der Waals surface area contributed by atoms with Gasteiger partial charge in [-0.1, -0.05) is 6.92 Å². The second kappa shape index (κ2) is 4.85. The van der Waals surface area contributed by atoms with Gasteiger partial charge in [-0.05, 0) is 12.8 Å². The third kappa shape index (κ3) is 2.71. The number of nitrogens with zero attached hydrogens (tertiary/aromatic N) is 2. The van der Waals surface area contributed by atoms with E-state index in [9.17, 15) is 26.3 Å². The van der Waals surface area contributed by atoms with E-state index >= 15 is 0 Å². The minimum absolute atomic E-state index is 0.325. The minimum atomic E-state index is -4.76. The summed E-state index contributed by atoms with van der Waals surface area (Å²) in [5.41, 5.74) is -1.23. The zero-order chi connectivity index (χ0) is 15.1. The lowest BCUT2D eigenvalue weighted by Gasteiger charge is -2.34. The lowest BCUT2D eigenvalue weighted by Crippen LogP contribution is -2.44. The summed E-state index contributed by atoms with van der Waals surface area (Å²) in [4.78, 5) is 1.36. The van der Waals surface area contributed by atoms with Crippen LogP contribution in [-0.2, 0) is 0 Å². The number of rotatable bonds is 1. The fourth-order valence-corrected chi connectivity index (χ4v) is 2.52. The number of likely N-dealkylation sites (tertiary alicyclic amines) is 1. The molecule has 0 amide bonds. The summed E-state index contributed by atoms with van der Waals surface area (Å²) in [5.74, 6) is -1.44. The lowest BCUT2D eigenvalue weighted by atomic mass is 9.96. The first-order chi connectivity index (χ1) is 9.12. The summed E-state index contributed by atoms with van der Waals surface area (Å²) in [6.07, 6.45) is -8.18. The molecule has 1 atom stereocenters. The smallest absolute Gasteiger partial charge is 0.373 e. The first kappa shape index (κ1) is 15.0. The van der Waals surface area contributed by atoms with E-state index in [1.54, 1.807) is 5.43 Å². The van der Waals surface area contributed by atoms with Crippen LogP contribution in [0.15, 0.2) is 16.5 Å². The van der Waals surface area contributed by atoms with Gasteiger partial charge in [-0.15, -0.1) is 0 Å². The largest absolute Gasteiger partial charge is 0.434 e. The fraction of sp³-hybridized carbons (Fsp3) is 0.727. The van der Waals surface area contributed by atoms with Crippen molar-refractivity contribution >= 4 is 5.71 Å². The Morgan fingerprint density at radius 1 is 1.05 bits per heavy atom. The lowest BCUT2D eigenvalue weighted by molar-refractivity contribution is -0.101. The van der Waals surface area contributed by atoms with Gasteiger partial charge in [0, 0.05) is 19.0 Å². The van der Waals surface area contributed by atoms with Crippen molar-refractivity contribution in [3.05, 3.63) is 11.4 Å². The van der Waals surface area contributed by atoms with Crippen molar-refractivity contribution in [1.29, 1.82) is 0 Å². The van der Waals surface area contributed by atoms with Crippen LogP contribution < -0.4 is 5.43 Å². The molecule has 1 N–H and O–H groups in total. The summed E-state index contributed by atoms with van der Waals surface area (Å²) in [7, 11) is 0. The van der Waals surface area contributed by atoms with E-state index in [0.717, 1.165) is 6.92 Å². The van der Waals surface area contributed by atoms with Crippen LogP contribution in [0.5, 0.6) is 0 Å². The molecule has 0 bridgehead atoms. The molecule has 0 saturated carbocycles. The zero-order valence-corrected chi connectivity index (χ0v) is 10.6. The molecular weight excluding hydrogens is 288 g/mol. The second-order valence-corrected chi connectivity index (χ2v) is 4.78. The molecule has 0 aromatic heterocycles.